The van der Waals surface area contributed by atoms with Crippen LogP contribution in [0.25, 0.3) is 22.4 Å². The van der Waals surface area contributed by atoms with Crippen molar-refractivity contribution >= 4 is 27.0 Å². The second-order valence-electron chi connectivity index (χ2n) is 6.70. The number of hydrogen-bond donors (Lipinski definition) is 0. The Balaban J connectivity index is 1.64. The molecule has 0 aliphatic heterocycles. The number of benzene rings is 3. The molecule has 4 aromatic rings. The summed E-state index contributed by atoms with van der Waals surface area (Å²) in [5.74, 6) is 1.91. The van der Waals surface area contributed by atoms with Crippen molar-refractivity contribution in [1.29, 1.82) is 0 Å². The van der Waals surface area contributed by atoms with E-state index in [9.17, 15) is 0 Å². The highest BCUT2D eigenvalue weighted by molar-refractivity contribution is 9.10. The van der Waals surface area contributed by atoms with Gasteiger partial charge in [0.1, 0.15) is 18.2 Å². The van der Waals surface area contributed by atoms with Gasteiger partial charge in [-0.25, -0.2) is 4.98 Å². The lowest BCUT2D eigenvalue weighted by Gasteiger charge is -2.13. The highest BCUT2D eigenvalue weighted by Crippen LogP contribution is 2.26. The quantitative estimate of drug-likeness (QED) is 0.386. The van der Waals surface area contributed by atoms with Crippen LogP contribution in [0.15, 0.2) is 71.2 Å². The van der Waals surface area contributed by atoms with Crippen molar-refractivity contribution < 1.29 is 4.74 Å². The number of aromatic nitrogens is 2. The smallest absolute Gasteiger partial charge is 0.141 e. The highest BCUT2D eigenvalue weighted by Gasteiger charge is 2.12. The standard InChI is InChI=1S/C23H21BrN2O/c1-16-7-8-17(2)22(15-16)27-14-13-26-21-6-4-3-5-20(21)25-23(26)18-9-11-19(24)12-10-18/h3-12,15H,13-14H2,1-2H3. The Labute approximate surface area is 167 Å². The topological polar surface area (TPSA) is 27.1 Å². The first kappa shape index (κ1) is 17.8. The molecule has 4 heteroatoms. The monoisotopic (exact) mass is 420 g/mol. The molecular weight excluding hydrogens is 400 g/mol. The van der Waals surface area contributed by atoms with E-state index in [1.54, 1.807) is 0 Å². The van der Waals surface area contributed by atoms with Crippen molar-refractivity contribution in [3.05, 3.63) is 82.3 Å². The Morgan fingerprint density at radius 3 is 2.56 bits per heavy atom. The molecule has 0 saturated carbocycles. The highest BCUT2D eigenvalue weighted by atomic mass is 79.9. The summed E-state index contributed by atoms with van der Waals surface area (Å²) in [7, 11) is 0. The molecule has 0 aliphatic rings. The molecule has 0 spiro atoms. The van der Waals surface area contributed by atoms with Gasteiger partial charge in [-0.3, -0.25) is 0 Å². The van der Waals surface area contributed by atoms with Crippen LogP contribution in [0.3, 0.4) is 0 Å². The van der Waals surface area contributed by atoms with E-state index in [0.717, 1.165) is 44.8 Å². The van der Waals surface area contributed by atoms with Gasteiger partial charge in [-0.15, -0.1) is 0 Å². The average Bonchev–Trinajstić information content (AvgIpc) is 3.04. The molecule has 136 valence electrons. The van der Waals surface area contributed by atoms with Crippen LogP contribution in [0.5, 0.6) is 5.75 Å². The van der Waals surface area contributed by atoms with Gasteiger partial charge in [-0.2, -0.15) is 0 Å². The largest absolute Gasteiger partial charge is 0.491 e. The minimum absolute atomic E-state index is 0.591. The van der Waals surface area contributed by atoms with E-state index in [4.69, 9.17) is 9.72 Å². The zero-order valence-electron chi connectivity index (χ0n) is 15.4. The van der Waals surface area contributed by atoms with E-state index in [2.05, 4.69) is 82.9 Å². The van der Waals surface area contributed by atoms with E-state index in [1.807, 2.05) is 18.2 Å². The maximum Gasteiger partial charge on any atom is 0.141 e. The first-order valence-electron chi connectivity index (χ1n) is 9.03. The van der Waals surface area contributed by atoms with Crippen LogP contribution in [-0.4, -0.2) is 16.2 Å². The van der Waals surface area contributed by atoms with Crippen LogP contribution in [0, 0.1) is 13.8 Å². The maximum atomic E-state index is 6.09. The molecule has 0 N–H and O–H groups in total. The molecule has 0 unspecified atom stereocenters. The summed E-state index contributed by atoms with van der Waals surface area (Å²) in [6.07, 6.45) is 0. The number of hydrogen-bond acceptors (Lipinski definition) is 2. The summed E-state index contributed by atoms with van der Waals surface area (Å²) in [5, 5.41) is 0. The van der Waals surface area contributed by atoms with Crippen LogP contribution in [0.2, 0.25) is 0 Å². The summed E-state index contributed by atoms with van der Waals surface area (Å²) in [6.45, 7) is 5.49. The molecule has 27 heavy (non-hydrogen) atoms. The molecule has 3 nitrogen and oxygen atoms in total. The molecule has 0 amide bonds. The molecule has 3 aromatic carbocycles. The van der Waals surface area contributed by atoms with Crippen molar-refractivity contribution in [3.8, 4) is 17.1 Å². The summed E-state index contributed by atoms with van der Waals surface area (Å²) >= 11 is 3.50. The lowest BCUT2D eigenvalue weighted by atomic mass is 10.1. The van der Waals surface area contributed by atoms with Crippen molar-refractivity contribution in [2.75, 3.05) is 6.61 Å². The molecule has 0 saturated heterocycles. The number of para-hydroxylation sites is 2. The lowest BCUT2D eigenvalue weighted by molar-refractivity contribution is 0.299. The number of rotatable bonds is 5. The second kappa shape index (κ2) is 7.57. The number of imidazole rings is 1. The van der Waals surface area contributed by atoms with Crippen molar-refractivity contribution in [2.24, 2.45) is 0 Å². The van der Waals surface area contributed by atoms with E-state index in [1.165, 1.54) is 5.56 Å². The number of ether oxygens (including phenoxy) is 1. The summed E-state index contributed by atoms with van der Waals surface area (Å²) in [4.78, 5) is 4.86. The van der Waals surface area contributed by atoms with E-state index < -0.39 is 0 Å². The van der Waals surface area contributed by atoms with Gasteiger partial charge >= 0.3 is 0 Å². The molecule has 0 fully saturated rings. The molecule has 4 rings (SSSR count). The lowest BCUT2D eigenvalue weighted by Crippen LogP contribution is -2.10. The fourth-order valence-corrected chi connectivity index (χ4v) is 3.50. The predicted molar refractivity (Wildman–Crippen MR) is 114 cm³/mol. The number of fused-ring (bicyclic) bond motifs is 1. The maximum absolute atomic E-state index is 6.09. The van der Waals surface area contributed by atoms with Gasteiger partial charge in [0.2, 0.25) is 0 Å². The third-order valence-corrected chi connectivity index (χ3v) is 5.20. The SMILES string of the molecule is Cc1ccc(C)c(OCCn2c(-c3ccc(Br)cc3)nc3ccccc32)c1. The molecule has 1 aromatic heterocycles. The third kappa shape index (κ3) is 3.76. The zero-order chi connectivity index (χ0) is 18.8. The Morgan fingerprint density at radius 2 is 1.74 bits per heavy atom. The zero-order valence-corrected chi connectivity index (χ0v) is 17.0. The predicted octanol–water partition coefficient (Wildman–Crippen LogP) is 6.16. The molecule has 0 bridgehead atoms. The van der Waals surface area contributed by atoms with Gasteiger partial charge < -0.3 is 9.30 Å². The van der Waals surface area contributed by atoms with Gasteiger partial charge in [0, 0.05) is 10.0 Å². The fourth-order valence-electron chi connectivity index (χ4n) is 3.23. The Kier molecular flexibility index (Phi) is 4.99. The van der Waals surface area contributed by atoms with Crippen LogP contribution in [0.4, 0.5) is 0 Å². The number of nitrogens with zero attached hydrogens (tertiary/aromatic N) is 2. The van der Waals surface area contributed by atoms with E-state index in [-0.39, 0.29) is 0 Å². The summed E-state index contributed by atoms with van der Waals surface area (Å²) in [6, 6.07) is 22.8. The summed E-state index contributed by atoms with van der Waals surface area (Å²) in [5.41, 5.74) is 5.59. The average molecular weight is 421 g/mol. The Bertz CT molecular complexity index is 1080. The number of aryl methyl sites for hydroxylation is 2. The van der Waals surface area contributed by atoms with Crippen molar-refractivity contribution in [1.82, 2.24) is 9.55 Å². The minimum atomic E-state index is 0.591. The second-order valence-corrected chi connectivity index (χ2v) is 7.62. The molecule has 1 heterocycles. The molecular formula is C23H21BrN2O. The van der Waals surface area contributed by atoms with Crippen molar-refractivity contribution in [3.63, 3.8) is 0 Å². The van der Waals surface area contributed by atoms with E-state index in [0.29, 0.717) is 6.61 Å². The number of halogens is 1. The van der Waals surface area contributed by atoms with Crippen molar-refractivity contribution in [2.45, 2.75) is 20.4 Å². The molecule has 0 aliphatic carbocycles. The van der Waals surface area contributed by atoms with Gasteiger partial charge in [0.15, 0.2) is 0 Å². The van der Waals surface area contributed by atoms with Gasteiger partial charge in [0.25, 0.3) is 0 Å². The first-order valence-corrected chi connectivity index (χ1v) is 9.82. The molecule has 0 atom stereocenters. The van der Waals surface area contributed by atoms with E-state index >= 15 is 0 Å². The Hall–Kier alpha value is -2.59. The van der Waals surface area contributed by atoms with Gasteiger partial charge in [0.05, 0.1) is 17.6 Å². The normalized spacial score (nSPS) is 11.1. The summed E-state index contributed by atoms with van der Waals surface area (Å²) < 4.78 is 9.40. The van der Waals surface area contributed by atoms with Gasteiger partial charge in [-0.05, 0) is 55.3 Å². The minimum Gasteiger partial charge on any atom is -0.491 e. The Morgan fingerprint density at radius 1 is 0.963 bits per heavy atom. The van der Waals surface area contributed by atoms with Gasteiger partial charge in [-0.1, -0.05) is 52.3 Å². The van der Waals surface area contributed by atoms with Crippen LogP contribution in [0.1, 0.15) is 11.1 Å². The fraction of sp³-hybridized carbons (Fsp3) is 0.174. The van der Waals surface area contributed by atoms with Crippen LogP contribution in [-0.2, 0) is 6.54 Å². The first-order chi connectivity index (χ1) is 13.1. The van der Waals surface area contributed by atoms with Crippen LogP contribution < -0.4 is 4.74 Å². The molecule has 0 radical (unpaired) electrons. The van der Waals surface area contributed by atoms with Crippen LogP contribution >= 0.6 is 15.9 Å². The third-order valence-electron chi connectivity index (χ3n) is 4.67.